The monoisotopic (exact) mass is 452 g/mol. The highest BCUT2D eigenvalue weighted by atomic mass is 79.9. The molecule has 7 nitrogen and oxygen atoms in total. The SMILES string of the molecule is C=C1NC(=O)NC(c2cc(Br)c(O)c(OC)c2)C1C(=O)OC1CCCCCC1. The van der Waals surface area contributed by atoms with E-state index in [2.05, 4.69) is 33.1 Å². The number of rotatable bonds is 4. The third-order valence-electron chi connectivity index (χ3n) is 5.24. The maximum absolute atomic E-state index is 13.0. The van der Waals surface area contributed by atoms with Gasteiger partial charge in [0.1, 0.15) is 12.0 Å². The number of phenols is 1. The lowest BCUT2D eigenvalue weighted by Crippen LogP contribution is -2.51. The smallest absolute Gasteiger partial charge is 0.319 e. The molecule has 2 fully saturated rings. The Kier molecular flexibility index (Phi) is 6.49. The van der Waals surface area contributed by atoms with Crippen LogP contribution in [0.5, 0.6) is 11.5 Å². The third kappa shape index (κ3) is 4.43. The van der Waals surface area contributed by atoms with Gasteiger partial charge in [0.05, 0.1) is 17.6 Å². The molecule has 2 unspecified atom stereocenters. The van der Waals surface area contributed by atoms with Crippen LogP contribution in [0.3, 0.4) is 0 Å². The second-order valence-corrected chi connectivity index (χ2v) is 8.04. The van der Waals surface area contributed by atoms with Gasteiger partial charge in [0.2, 0.25) is 0 Å². The van der Waals surface area contributed by atoms with E-state index in [1.807, 2.05) is 0 Å². The summed E-state index contributed by atoms with van der Waals surface area (Å²) in [6.45, 7) is 3.87. The van der Waals surface area contributed by atoms with Crippen molar-refractivity contribution in [2.24, 2.45) is 5.92 Å². The number of carbonyl (C=O) groups excluding carboxylic acids is 2. The van der Waals surface area contributed by atoms with E-state index in [0.717, 1.165) is 38.5 Å². The molecule has 0 bridgehead atoms. The molecule has 8 heteroatoms. The molecule has 1 aromatic carbocycles. The number of hydrogen-bond donors (Lipinski definition) is 3. The summed E-state index contributed by atoms with van der Waals surface area (Å²) in [6.07, 6.45) is 6.01. The highest BCUT2D eigenvalue weighted by molar-refractivity contribution is 9.10. The fourth-order valence-corrected chi connectivity index (χ4v) is 4.23. The van der Waals surface area contributed by atoms with Gasteiger partial charge in [-0.25, -0.2) is 4.79 Å². The Balaban J connectivity index is 1.88. The number of halogens is 1. The second-order valence-electron chi connectivity index (χ2n) is 7.18. The van der Waals surface area contributed by atoms with Gasteiger partial charge in [0.15, 0.2) is 11.5 Å². The number of nitrogens with one attached hydrogen (secondary N) is 2. The van der Waals surface area contributed by atoms with E-state index in [9.17, 15) is 14.7 Å². The van der Waals surface area contributed by atoms with Gasteiger partial charge < -0.3 is 25.2 Å². The summed E-state index contributed by atoms with van der Waals surface area (Å²) in [7, 11) is 1.43. The van der Waals surface area contributed by atoms with Crippen molar-refractivity contribution in [3.05, 3.63) is 34.4 Å². The highest BCUT2D eigenvalue weighted by Gasteiger charge is 2.40. The lowest BCUT2D eigenvalue weighted by atomic mass is 9.88. The minimum atomic E-state index is -0.790. The minimum absolute atomic E-state index is 0.0529. The Morgan fingerprint density at radius 2 is 1.93 bits per heavy atom. The van der Waals surface area contributed by atoms with Crippen molar-refractivity contribution >= 4 is 27.9 Å². The first-order chi connectivity index (χ1) is 13.4. The normalized spacial score (nSPS) is 23.4. The van der Waals surface area contributed by atoms with E-state index < -0.39 is 24.0 Å². The molecule has 1 saturated heterocycles. The highest BCUT2D eigenvalue weighted by Crippen LogP contribution is 2.40. The largest absolute Gasteiger partial charge is 0.503 e. The molecule has 1 aliphatic heterocycles. The lowest BCUT2D eigenvalue weighted by molar-refractivity contribution is -0.154. The number of urea groups is 1. The topological polar surface area (TPSA) is 96.9 Å². The maximum atomic E-state index is 13.0. The Bertz CT molecular complexity index is 774. The summed E-state index contributed by atoms with van der Waals surface area (Å²) in [5.74, 6) is -1.03. The summed E-state index contributed by atoms with van der Waals surface area (Å²) < 4.78 is 11.4. The van der Waals surface area contributed by atoms with E-state index in [4.69, 9.17) is 9.47 Å². The lowest BCUT2D eigenvalue weighted by Gasteiger charge is -2.34. The van der Waals surface area contributed by atoms with Gasteiger partial charge in [-0.3, -0.25) is 4.79 Å². The fraction of sp³-hybridized carbons (Fsp3) is 0.500. The summed E-state index contributed by atoms with van der Waals surface area (Å²) in [5.41, 5.74) is 0.885. The number of phenolic OH excluding ortho intramolecular Hbond substituents is 1. The van der Waals surface area contributed by atoms with Crippen molar-refractivity contribution in [3.63, 3.8) is 0 Å². The quantitative estimate of drug-likeness (QED) is 0.475. The van der Waals surface area contributed by atoms with Gasteiger partial charge in [-0.1, -0.05) is 19.4 Å². The number of methoxy groups -OCH3 is 1. The fourth-order valence-electron chi connectivity index (χ4n) is 3.77. The first-order valence-corrected chi connectivity index (χ1v) is 10.2. The molecule has 2 atom stereocenters. The van der Waals surface area contributed by atoms with E-state index >= 15 is 0 Å². The van der Waals surface area contributed by atoms with Gasteiger partial charge in [-0.05, 0) is 59.3 Å². The van der Waals surface area contributed by atoms with Crippen LogP contribution in [0, 0.1) is 5.92 Å². The zero-order chi connectivity index (χ0) is 20.3. The molecule has 152 valence electrons. The maximum Gasteiger partial charge on any atom is 0.319 e. The Labute approximate surface area is 172 Å². The first-order valence-electron chi connectivity index (χ1n) is 9.44. The van der Waals surface area contributed by atoms with Crippen molar-refractivity contribution in [2.75, 3.05) is 7.11 Å². The zero-order valence-corrected chi connectivity index (χ0v) is 17.4. The predicted octanol–water partition coefficient (Wildman–Crippen LogP) is 3.91. The van der Waals surface area contributed by atoms with Crippen LogP contribution in [0.4, 0.5) is 4.79 Å². The van der Waals surface area contributed by atoms with Gasteiger partial charge >= 0.3 is 12.0 Å². The molecule has 3 N–H and O–H groups in total. The molecule has 1 aromatic rings. The number of ether oxygens (including phenoxy) is 2. The number of amides is 2. The number of hydrogen-bond acceptors (Lipinski definition) is 5. The van der Waals surface area contributed by atoms with Crippen LogP contribution < -0.4 is 15.4 Å². The molecule has 1 heterocycles. The number of benzene rings is 1. The molecule has 0 radical (unpaired) electrons. The van der Waals surface area contributed by atoms with Crippen LogP contribution in [-0.2, 0) is 9.53 Å². The molecular weight excluding hydrogens is 428 g/mol. The molecular formula is C20H25BrN2O5. The molecule has 28 heavy (non-hydrogen) atoms. The summed E-state index contributed by atoms with van der Waals surface area (Å²) in [5, 5.41) is 15.4. The van der Waals surface area contributed by atoms with Crippen LogP contribution in [0.1, 0.15) is 50.1 Å². The molecule has 2 aliphatic rings. The number of esters is 1. The van der Waals surface area contributed by atoms with Crippen LogP contribution in [0.15, 0.2) is 28.9 Å². The molecule has 1 aliphatic carbocycles. The van der Waals surface area contributed by atoms with Crippen molar-refractivity contribution in [1.29, 1.82) is 0 Å². The molecule has 3 rings (SSSR count). The van der Waals surface area contributed by atoms with Crippen molar-refractivity contribution in [1.82, 2.24) is 10.6 Å². The van der Waals surface area contributed by atoms with Crippen molar-refractivity contribution < 1.29 is 24.2 Å². The average molecular weight is 453 g/mol. The first kappa shape index (κ1) is 20.5. The summed E-state index contributed by atoms with van der Waals surface area (Å²) >= 11 is 3.28. The van der Waals surface area contributed by atoms with Gasteiger partial charge in [0.25, 0.3) is 0 Å². The van der Waals surface area contributed by atoms with Crippen LogP contribution in [-0.4, -0.2) is 30.3 Å². The van der Waals surface area contributed by atoms with E-state index in [1.54, 1.807) is 12.1 Å². The standard InChI is InChI=1S/C20H25BrN2O5/c1-11-16(19(25)28-13-7-5-3-4-6-8-13)17(23-20(26)22-11)12-9-14(21)18(24)15(10-12)27-2/h9-10,13,16-17,24H,1,3-8H2,2H3,(H2,22,23,26). The molecule has 1 saturated carbocycles. The molecule has 2 amide bonds. The van der Waals surface area contributed by atoms with Crippen LogP contribution in [0.25, 0.3) is 0 Å². The van der Waals surface area contributed by atoms with Gasteiger partial charge in [-0.2, -0.15) is 0 Å². The zero-order valence-electron chi connectivity index (χ0n) is 15.8. The average Bonchev–Trinajstić information content (AvgIpc) is 2.91. The van der Waals surface area contributed by atoms with Crippen molar-refractivity contribution in [2.45, 2.75) is 50.7 Å². The minimum Gasteiger partial charge on any atom is -0.503 e. The van der Waals surface area contributed by atoms with E-state index in [1.165, 1.54) is 7.11 Å². The van der Waals surface area contributed by atoms with Crippen LogP contribution >= 0.6 is 15.9 Å². The Morgan fingerprint density at radius 1 is 1.25 bits per heavy atom. The molecule has 0 spiro atoms. The summed E-state index contributed by atoms with van der Waals surface area (Å²) in [6, 6.07) is 2.10. The third-order valence-corrected chi connectivity index (χ3v) is 5.84. The number of carbonyl (C=O) groups is 2. The van der Waals surface area contributed by atoms with Gasteiger partial charge in [-0.15, -0.1) is 0 Å². The Morgan fingerprint density at radius 3 is 2.57 bits per heavy atom. The van der Waals surface area contributed by atoms with E-state index in [0.29, 0.717) is 10.0 Å². The second kappa shape index (κ2) is 8.86. The summed E-state index contributed by atoms with van der Waals surface area (Å²) in [4.78, 5) is 25.1. The van der Waals surface area contributed by atoms with Gasteiger partial charge in [0, 0.05) is 5.70 Å². The van der Waals surface area contributed by atoms with Crippen LogP contribution in [0.2, 0.25) is 0 Å². The van der Waals surface area contributed by atoms with E-state index in [-0.39, 0.29) is 23.3 Å². The predicted molar refractivity (Wildman–Crippen MR) is 107 cm³/mol. The molecule has 0 aromatic heterocycles. The number of aromatic hydroxyl groups is 1. The Hall–Kier alpha value is -2.22. The van der Waals surface area contributed by atoms with Crippen molar-refractivity contribution in [3.8, 4) is 11.5 Å².